The predicted molar refractivity (Wildman–Crippen MR) is 237 cm³/mol. The van der Waals surface area contributed by atoms with Crippen LogP contribution in [0, 0.1) is 82.3 Å². The van der Waals surface area contributed by atoms with Gasteiger partial charge in [0, 0.05) is 35.7 Å². The number of likely N-dealkylation sites (tertiary alicyclic amines) is 1. The second-order valence-corrected chi connectivity index (χ2v) is 22.1. The molecule has 4 nitrogen and oxygen atoms in total. The quantitative estimate of drug-likeness (QED) is 0.273. The van der Waals surface area contributed by atoms with Gasteiger partial charge < -0.3 is 4.90 Å². The van der Waals surface area contributed by atoms with Crippen molar-refractivity contribution in [1.82, 2.24) is 15.1 Å². The van der Waals surface area contributed by atoms with Crippen molar-refractivity contribution in [3.63, 3.8) is 0 Å². The van der Waals surface area contributed by atoms with Crippen LogP contribution >= 0.6 is 0 Å². The Balaban J connectivity index is 0.930. The zero-order chi connectivity index (χ0) is 38.6. The first kappa shape index (κ1) is 38.8. The average molecular weight is 783 g/mol. The predicted octanol–water partition coefficient (Wildman–Crippen LogP) is 12.6. The van der Waals surface area contributed by atoms with Gasteiger partial charge in [-0.25, -0.2) is 0 Å². The second-order valence-electron chi connectivity index (χ2n) is 22.1. The zero-order valence-electron chi connectivity index (χ0n) is 36.2. The highest BCUT2D eigenvalue weighted by Crippen LogP contribution is 2.56. The highest BCUT2D eigenvalue weighted by Gasteiger charge is 2.55. The average Bonchev–Trinajstić information content (AvgIpc) is 3.82. The lowest BCUT2D eigenvalue weighted by molar-refractivity contribution is -0.0309. The third-order valence-corrected chi connectivity index (χ3v) is 19.6. The summed E-state index contributed by atoms with van der Waals surface area (Å²) in [6.45, 7) is 0. The Labute approximate surface area is 353 Å². The number of nitrogens with one attached hydrogen (secondary N) is 1. The van der Waals surface area contributed by atoms with E-state index in [4.69, 9.17) is 0 Å². The van der Waals surface area contributed by atoms with E-state index in [-0.39, 0.29) is 5.92 Å². The zero-order valence-corrected chi connectivity index (χ0v) is 36.2. The van der Waals surface area contributed by atoms with E-state index in [9.17, 15) is 5.26 Å². The molecule has 1 N–H and O–H groups in total. The molecule has 0 spiro atoms. The van der Waals surface area contributed by atoms with Gasteiger partial charge in [-0.2, -0.15) is 5.26 Å². The molecule has 314 valence electrons. The Hall–Kier alpha value is -2.09. The fourth-order valence-electron chi connectivity index (χ4n) is 17.4. The van der Waals surface area contributed by atoms with E-state index in [2.05, 4.69) is 69.8 Å². The van der Waals surface area contributed by atoms with Crippen molar-refractivity contribution in [2.24, 2.45) is 71.0 Å². The van der Waals surface area contributed by atoms with Gasteiger partial charge in [0.05, 0.1) is 18.4 Å². The summed E-state index contributed by atoms with van der Waals surface area (Å²) < 4.78 is 0. The maximum atomic E-state index is 10.00. The standard InChI is InChI=1S/C54H78N4/c55-35-36-16-15-17-37(32-36)39-18-1-3-20-41(39)43-22-5-6-23-44(43)42-21-4-2-19-40(42)38-33-53(57-49-28-11-7-24-45(49)46-25-8-12-29-50(46)57)56-54(34-38)58-51-30-13-9-26-47(51)48-27-10-14-31-52(48)58/h1,4,7,13,18,21,24,30,36-45,47-49,51-54,56H,2-3,5-6,8-12,14-17,19-20,22-23,25-29,31-34H2. The summed E-state index contributed by atoms with van der Waals surface area (Å²) in [6, 6.07) is 4.82. The van der Waals surface area contributed by atoms with E-state index in [0.717, 1.165) is 72.1 Å². The van der Waals surface area contributed by atoms with Crippen molar-refractivity contribution >= 4 is 0 Å². The Kier molecular flexibility index (Phi) is 11.4. The molecule has 3 aliphatic heterocycles. The number of piperidine rings is 1. The molecule has 3 saturated carbocycles. The van der Waals surface area contributed by atoms with Crippen LogP contribution in [-0.4, -0.2) is 40.3 Å². The van der Waals surface area contributed by atoms with Gasteiger partial charge in [-0.05, 0) is 200 Å². The molecule has 3 heterocycles. The van der Waals surface area contributed by atoms with Gasteiger partial charge in [-0.1, -0.05) is 80.7 Å². The Morgan fingerprint density at radius 2 is 1.21 bits per heavy atom. The van der Waals surface area contributed by atoms with Crippen LogP contribution in [0.2, 0.25) is 0 Å². The maximum Gasteiger partial charge on any atom is 0.0811 e. The lowest BCUT2D eigenvalue weighted by atomic mass is 9.55. The smallest absolute Gasteiger partial charge is 0.0811 e. The minimum atomic E-state index is 0.290. The summed E-state index contributed by atoms with van der Waals surface area (Å²) in [6.07, 6.45) is 57.6. The van der Waals surface area contributed by atoms with Crippen LogP contribution in [0.25, 0.3) is 0 Å². The van der Waals surface area contributed by atoms with E-state index < -0.39 is 0 Å². The first-order valence-corrected chi connectivity index (χ1v) is 25.8. The van der Waals surface area contributed by atoms with Gasteiger partial charge in [-0.15, -0.1) is 0 Å². The number of rotatable bonds is 6. The molecule has 17 atom stereocenters. The summed E-state index contributed by atoms with van der Waals surface area (Å²) in [5.74, 6) is 9.03. The van der Waals surface area contributed by atoms with Crippen LogP contribution in [0.3, 0.4) is 0 Å². The molecule has 17 unspecified atom stereocenters. The van der Waals surface area contributed by atoms with Crippen molar-refractivity contribution in [2.75, 3.05) is 0 Å². The Morgan fingerprint density at radius 1 is 0.517 bits per heavy atom. The fourth-order valence-corrected chi connectivity index (χ4v) is 17.4. The van der Waals surface area contributed by atoms with Crippen molar-refractivity contribution in [1.29, 1.82) is 5.26 Å². The van der Waals surface area contributed by atoms with Crippen LogP contribution in [0.5, 0.6) is 0 Å². The van der Waals surface area contributed by atoms with Crippen LogP contribution in [-0.2, 0) is 0 Å². The molecule has 0 aromatic heterocycles. The normalized spacial score (nSPS) is 47.9. The minimum absolute atomic E-state index is 0.290. The molecule has 2 saturated heterocycles. The summed E-state index contributed by atoms with van der Waals surface area (Å²) >= 11 is 0. The maximum absolute atomic E-state index is 10.00. The Bertz CT molecular complexity index is 1660. The molecule has 0 radical (unpaired) electrons. The van der Waals surface area contributed by atoms with Crippen molar-refractivity contribution in [3.05, 3.63) is 59.9 Å². The fraction of sp³-hybridized carbons (Fsp3) is 0.796. The van der Waals surface area contributed by atoms with Gasteiger partial charge in [0.2, 0.25) is 0 Å². The topological polar surface area (TPSA) is 42.3 Å². The lowest BCUT2D eigenvalue weighted by Crippen LogP contribution is -2.64. The van der Waals surface area contributed by atoms with Gasteiger partial charge in [-0.3, -0.25) is 10.2 Å². The van der Waals surface area contributed by atoms with E-state index in [1.165, 1.54) is 154 Å². The highest BCUT2D eigenvalue weighted by atomic mass is 15.4. The number of hydrogen-bond acceptors (Lipinski definition) is 4. The van der Waals surface area contributed by atoms with Crippen LogP contribution < -0.4 is 5.32 Å². The third-order valence-electron chi connectivity index (χ3n) is 19.6. The molecule has 0 bridgehead atoms. The molecular weight excluding hydrogens is 705 g/mol. The third kappa shape index (κ3) is 6.99. The van der Waals surface area contributed by atoms with E-state index in [1.807, 2.05) is 5.57 Å². The van der Waals surface area contributed by atoms with Gasteiger partial charge >= 0.3 is 0 Å². The number of nitrogens with zero attached hydrogens (tertiary/aromatic N) is 3. The second kappa shape index (κ2) is 17.0. The molecule has 0 amide bonds. The van der Waals surface area contributed by atoms with Crippen LogP contribution in [0.4, 0.5) is 0 Å². The molecule has 0 aromatic rings. The van der Waals surface area contributed by atoms with Crippen LogP contribution in [0.1, 0.15) is 167 Å². The number of fused-ring (bicyclic) bond motifs is 5. The number of nitriles is 1. The van der Waals surface area contributed by atoms with Gasteiger partial charge in [0.25, 0.3) is 0 Å². The molecular formula is C54H78N4. The monoisotopic (exact) mass is 783 g/mol. The Morgan fingerprint density at radius 3 is 2.09 bits per heavy atom. The largest absolute Gasteiger partial charge is 0.355 e. The van der Waals surface area contributed by atoms with Crippen molar-refractivity contribution in [3.8, 4) is 6.07 Å². The summed E-state index contributed by atoms with van der Waals surface area (Å²) in [4.78, 5) is 6.29. The molecule has 5 fully saturated rings. The molecule has 8 aliphatic carbocycles. The lowest BCUT2D eigenvalue weighted by Gasteiger charge is -2.54. The SMILES string of the molecule is N#CC1CCCC(C2C=CCCC2C2CCCCC2C2C=CCCC2C2CC(N3C4=C(CCCC4)C4C=CCCC43)NC(N3C4C=CCCC4C4CCCCC43)C2)C1. The molecule has 58 heavy (non-hydrogen) atoms. The molecule has 4 heteroatoms. The van der Waals surface area contributed by atoms with E-state index in [1.54, 1.807) is 5.70 Å². The summed E-state index contributed by atoms with van der Waals surface area (Å²) in [7, 11) is 0. The van der Waals surface area contributed by atoms with Gasteiger partial charge in [0.15, 0.2) is 0 Å². The summed E-state index contributed by atoms with van der Waals surface area (Å²) in [5, 5.41) is 14.7. The number of allylic oxidation sites excluding steroid dienone is 7. The summed E-state index contributed by atoms with van der Waals surface area (Å²) in [5.41, 5.74) is 3.64. The van der Waals surface area contributed by atoms with Crippen LogP contribution in [0.15, 0.2) is 59.9 Å². The molecule has 11 rings (SSSR count). The molecule has 0 aromatic carbocycles. The first-order chi connectivity index (χ1) is 28.7. The molecule has 11 aliphatic rings. The first-order valence-electron chi connectivity index (χ1n) is 25.8. The van der Waals surface area contributed by atoms with E-state index in [0.29, 0.717) is 36.3 Å². The number of hydrogen-bond donors (Lipinski definition) is 1. The van der Waals surface area contributed by atoms with E-state index >= 15 is 0 Å². The van der Waals surface area contributed by atoms with Gasteiger partial charge in [0.1, 0.15) is 0 Å². The highest BCUT2D eigenvalue weighted by molar-refractivity contribution is 5.34. The van der Waals surface area contributed by atoms with Crippen molar-refractivity contribution in [2.45, 2.75) is 197 Å². The minimum Gasteiger partial charge on any atom is -0.355 e. The van der Waals surface area contributed by atoms with Crippen molar-refractivity contribution < 1.29 is 0 Å².